The van der Waals surface area contributed by atoms with Crippen molar-refractivity contribution < 1.29 is 20.4 Å². The minimum absolute atomic E-state index is 0.868. The second-order valence-corrected chi connectivity index (χ2v) is 8.20. The molecule has 0 aliphatic rings. The van der Waals surface area contributed by atoms with Gasteiger partial charge >= 0.3 is 0 Å². The van der Waals surface area contributed by atoms with Gasteiger partial charge in [-0.05, 0) is 27.7 Å². The molecule has 0 saturated heterocycles. The SMILES string of the molecule is C[C@H](O)[P+]([C@H](C)O)([C@H](C)O)[C@@H](C)O. The van der Waals surface area contributed by atoms with Crippen molar-refractivity contribution in [2.45, 2.75) is 51.1 Å². The summed E-state index contributed by atoms with van der Waals surface area (Å²) >= 11 is 0. The van der Waals surface area contributed by atoms with Crippen molar-refractivity contribution in [1.82, 2.24) is 0 Å². The summed E-state index contributed by atoms with van der Waals surface area (Å²) in [5.41, 5.74) is 0. The van der Waals surface area contributed by atoms with Gasteiger partial charge in [-0.2, -0.15) is 0 Å². The van der Waals surface area contributed by atoms with Crippen LogP contribution in [0.3, 0.4) is 0 Å². The van der Waals surface area contributed by atoms with Gasteiger partial charge in [-0.15, -0.1) is 0 Å². The molecule has 0 aromatic rings. The molecule has 4 N–H and O–H groups in total. The van der Waals surface area contributed by atoms with Gasteiger partial charge in [-0.1, -0.05) is 0 Å². The lowest BCUT2D eigenvalue weighted by atomic mass is 10.8. The molecule has 80 valence electrons. The Morgan fingerprint density at radius 1 is 0.615 bits per heavy atom. The van der Waals surface area contributed by atoms with Crippen molar-refractivity contribution in [2.24, 2.45) is 0 Å². The van der Waals surface area contributed by atoms with Crippen LogP contribution in [0.5, 0.6) is 0 Å². The van der Waals surface area contributed by atoms with Crippen molar-refractivity contribution >= 4 is 7.26 Å². The van der Waals surface area contributed by atoms with Crippen molar-refractivity contribution in [1.29, 1.82) is 0 Å². The molecule has 0 radical (unpaired) electrons. The highest BCUT2D eigenvalue weighted by Crippen LogP contribution is 2.70. The highest BCUT2D eigenvalue weighted by molar-refractivity contribution is 7.77. The van der Waals surface area contributed by atoms with E-state index in [0.29, 0.717) is 0 Å². The summed E-state index contributed by atoms with van der Waals surface area (Å²) in [6.07, 6.45) is 0. The maximum Gasteiger partial charge on any atom is 0.169 e. The predicted molar refractivity (Wildman–Crippen MR) is 53.6 cm³/mol. The standard InChI is InChI=1S/C8H20O4P/c1-5(9)13(6(2)10,7(3)11)8(4)12/h5-12H,1-4H3/q+1/t5-,6-,7-,8+/m1/s1. The molecule has 4 atom stereocenters. The maximum absolute atomic E-state index is 9.54. The molecule has 0 fully saturated rings. The highest BCUT2D eigenvalue weighted by Gasteiger charge is 2.56. The highest BCUT2D eigenvalue weighted by atomic mass is 31.2. The van der Waals surface area contributed by atoms with Crippen LogP contribution in [0.1, 0.15) is 27.7 Å². The van der Waals surface area contributed by atoms with Gasteiger partial charge in [0, 0.05) is 0 Å². The quantitative estimate of drug-likeness (QED) is 0.506. The third kappa shape index (κ3) is 2.20. The van der Waals surface area contributed by atoms with Crippen molar-refractivity contribution in [3.8, 4) is 0 Å². The molecular weight excluding hydrogens is 191 g/mol. The van der Waals surface area contributed by atoms with Crippen molar-refractivity contribution in [2.75, 3.05) is 0 Å². The van der Waals surface area contributed by atoms with E-state index in [1.165, 1.54) is 27.7 Å². The molecule has 0 spiro atoms. The van der Waals surface area contributed by atoms with Crippen molar-refractivity contribution in [3.63, 3.8) is 0 Å². The van der Waals surface area contributed by atoms with E-state index >= 15 is 0 Å². The number of rotatable bonds is 4. The molecule has 0 rings (SSSR count). The Kier molecular flexibility index (Phi) is 4.77. The van der Waals surface area contributed by atoms with Crippen LogP contribution in [0, 0.1) is 0 Å². The monoisotopic (exact) mass is 211 g/mol. The van der Waals surface area contributed by atoms with E-state index in [-0.39, 0.29) is 0 Å². The summed E-state index contributed by atoms with van der Waals surface area (Å²) in [4.78, 5) is 0. The van der Waals surface area contributed by atoms with E-state index in [2.05, 4.69) is 0 Å². The topological polar surface area (TPSA) is 80.9 Å². The van der Waals surface area contributed by atoms with E-state index in [0.717, 1.165) is 0 Å². The lowest BCUT2D eigenvalue weighted by Gasteiger charge is -2.36. The van der Waals surface area contributed by atoms with Gasteiger partial charge in [0.15, 0.2) is 23.4 Å². The molecular formula is C8H20O4P+. The Hall–Kier alpha value is 0.270. The second kappa shape index (κ2) is 4.67. The third-order valence-corrected chi connectivity index (χ3v) is 7.77. The van der Waals surface area contributed by atoms with Crippen LogP contribution in [0.4, 0.5) is 0 Å². The van der Waals surface area contributed by atoms with E-state index in [9.17, 15) is 20.4 Å². The molecule has 5 heteroatoms. The Labute approximate surface area is 79.6 Å². The molecule has 0 unspecified atom stereocenters. The molecule has 0 heterocycles. The molecule has 4 nitrogen and oxygen atoms in total. The Morgan fingerprint density at radius 2 is 0.769 bits per heavy atom. The molecule has 0 aromatic heterocycles. The zero-order valence-electron chi connectivity index (χ0n) is 8.55. The summed E-state index contributed by atoms with van der Waals surface area (Å²) in [6.45, 7) is 6.00. The number of aliphatic hydroxyl groups excluding tert-OH is 4. The van der Waals surface area contributed by atoms with Crippen LogP contribution >= 0.6 is 7.26 Å². The largest absolute Gasteiger partial charge is 0.359 e. The smallest absolute Gasteiger partial charge is 0.169 e. The van der Waals surface area contributed by atoms with Gasteiger partial charge < -0.3 is 20.4 Å². The zero-order valence-corrected chi connectivity index (χ0v) is 9.44. The molecule has 0 aliphatic heterocycles. The normalized spacial score (nSPS) is 22.2. The first-order chi connectivity index (χ1) is 5.77. The molecule has 0 aliphatic carbocycles. The molecule has 0 saturated carbocycles. The van der Waals surface area contributed by atoms with Gasteiger partial charge in [0.2, 0.25) is 0 Å². The van der Waals surface area contributed by atoms with Gasteiger partial charge in [-0.25, -0.2) is 0 Å². The maximum atomic E-state index is 9.54. The summed E-state index contributed by atoms with van der Waals surface area (Å²) in [5.74, 6) is -3.47. The molecule has 0 amide bonds. The van der Waals surface area contributed by atoms with Crippen LogP contribution < -0.4 is 0 Å². The lowest BCUT2D eigenvalue weighted by Crippen LogP contribution is -2.34. The Morgan fingerprint density at radius 3 is 0.769 bits per heavy atom. The van der Waals surface area contributed by atoms with Crippen LogP contribution in [-0.4, -0.2) is 43.8 Å². The average molecular weight is 211 g/mol. The number of aliphatic hydroxyl groups is 4. The van der Waals surface area contributed by atoms with Gasteiger partial charge in [0.1, 0.15) is 7.26 Å². The van der Waals surface area contributed by atoms with Crippen LogP contribution in [-0.2, 0) is 0 Å². The third-order valence-electron chi connectivity index (χ3n) is 2.59. The first-order valence-corrected chi connectivity index (χ1v) is 6.44. The van der Waals surface area contributed by atoms with Crippen LogP contribution in [0.15, 0.2) is 0 Å². The average Bonchev–Trinajstić information content (AvgIpc) is 1.82. The van der Waals surface area contributed by atoms with Gasteiger partial charge in [-0.3, -0.25) is 0 Å². The van der Waals surface area contributed by atoms with E-state index in [4.69, 9.17) is 0 Å². The van der Waals surface area contributed by atoms with E-state index in [1.807, 2.05) is 0 Å². The van der Waals surface area contributed by atoms with Crippen LogP contribution in [0.25, 0.3) is 0 Å². The zero-order chi connectivity index (χ0) is 10.8. The van der Waals surface area contributed by atoms with Gasteiger partial charge in [0.05, 0.1) is 0 Å². The minimum atomic E-state index is -2.56. The summed E-state index contributed by atoms with van der Waals surface area (Å²) < 4.78 is 0. The predicted octanol–water partition coefficient (Wildman–Crippen LogP) is 0.357. The van der Waals surface area contributed by atoms with E-state index in [1.54, 1.807) is 0 Å². The van der Waals surface area contributed by atoms with Crippen LogP contribution in [0.2, 0.25) is 0 Å². The Bertz CT molecular complexity index is 119. The minimum Gasteiger partial charge on any atom is -0.359 e. The first kappa shape index (κ1) is 13.3. The summed E-state index contributed by atoms with van der Waals surface area (Å²) in [6, 6.07) is 0. The fraction of sp³-hybridized carbons (Fsp3) is 1.00. The second-order valence-electron chi connectivity index (χ2n) is 3.42. The first-order valence-electron chi connectivity index (χ1n) is 4.37. The number of hydrogen-bond acceptors (Lipinski definition) is 4. The fourth-order valence-corrected chi connectivity index (χ4v) is 5.62. The molecule has 0 bridgehead atoms. The lowest BCUT2D eigenvalue weighted by molar-refractivity contribution is 0.175. The van der Waals surface area contributed by atoms with E-state index < -0.39 is 30.6 Å². The summed E-state index contributed by atoms with van der Waals surface area (Å²) in [5, 5.41) is 38.2. The summed E-state index contributed by atoms with van der Waals surface area (Å²) in [7, 11) is -2.56. The van der Waals surface area contributed by atoms with Crippen molar-refractivity contribution in [3.05, 3.63) is 0 Å². The fourth-order valence-electron chi connectivity index (χ4n) is 1.87. The molecule has 0 aromatic carbocycles. The Balaban J connectivity index is 5.06. The number of hydrogen-bond donors (Lipinski definition) is 4. The van der Waals surface area contributed by atoms with Gasteiger partial charge in [0.25, 0.3) is 0 Å². The molecule has 13 heavy (non-hydrogen) atoms.